The summed E-state index contributed by atoms with van der Waals surface area (Å²) in [7, 11) is 4.57. The smallest absolute Gasteiger partial charge is 0.416 e. The predicted molar refractivity (Wildman–Crippen MR) is 165 cm³/mol. The average molecular weight is 619 g/mol. The molecule has 0 spiro atoms. The first-order chi connectivity index (χ1) is 21.6. The number of para-hydroxylation sites is 1. The van der Waals surface area contributed by atoms with Crippen molar-refractivity contribution in [1.82, 2.24) is 9.88 Å². The van der Waals surface area contributed by atoms with E-state index in [0.717, 1.165) is 39.9 Å². The van der Waals surface area contributed by atoms with Gasteiger partial charge in [-0.25, -0.2) is 0 Å². The molecule has 1 atom stereocenters. The van der Waals surface area contributed by atoms with Gasteiger partial charge in [-0.3, -0.25) is 10.1 Å². The van der Waals surface area contributed by atoms with E-state index in [-0.39, 0.29) is 13.0 Å². The minimum Gasteiger partial charge on any atom is -0.493 e. The summed E-state index contributed by atoms with van der Waals surface area (Å²) >= 11 is 0. The van der Waals surface area contributed by atoms with Crippen LogP contribution in [0.1, 0.15) is 39.7 Å². The molecule has 1 unspecified atom stereocenters. The number of halogens is 3. The molecule has 0 saturated heterocycles. The van der Waals surface area contributed by atoms with Crippen molar-refractivity contribution in [3.63, 3.8) is 0 Å². The number of nitrogens with one attached hydrogen (secondary N) is 1. The first kappa shape index (κ1) is 31.5. The number of fused-ring (bicyclic) bond motifs is 1. The zero-order chi connectivity index (χ0) is 32.1. The summed E-state index contributed by atoms with van der Waals surface area (Å²) in [5, 5.41) is 14.2. The van der Waals surface area contributed by atoms with Crippen molar-refractivity contribution in [3.05, 3.63) is 125 Å². The highest BCUT2D eigenvalue weighted by Gasteiger charge is 2.31. The van der Waals surface area contributed by atoms with Crippen LogP contribution in [0.4, 0.5) is 13.2 Å². The van der Waals surface area contributed by atoms with Crippen molar-refractivity contribution in [3.8, 4) is 17.2 Å². The van der Waals surface area contributed by atoms with Crippen LogP contribution in [0.5, 0.6) is 17.2 Å². The number of carboxylic acids is 1. The Kier molecular flexibility index (Phi) is 9.34. The third kappa shape index (κ3) is 6.76. The van der Waals surface area contributed by atoms with Crippen molar-refractivity contribution in [2.24, 2.45) is 0 Å². The summed E-state index contributed by atoms with van der Waals surface area (Å²) in [5.74, 6) is 0.352. The van der Waals surface area contributed by atoms with Gasteiger partial charge in [-0.05, 0) is 46.5 Å². The fourth-order valence-electron chi connectivity index (χ4n) is 5.72. The van der Waals surface area contributed by atoms with E-state index in [1.54, 1.807) is 6.07 Å². The van der Waals surface area contributed by atoms with Gasteiger partial charge in [-0.1, -0.05) is 66.7 Å². The summed E-state index contributed by atoms with van der Waals surface area (Å²) in [6, 6.07) is 25.9. The Morgan fingerprint density at radius 1 is 0.844 bits per heavy atom. The monoisotopic (exact) mass is 618 g/mol. The number of aromatic nitrogens is 1. The standard InChI is InChI=1S/C35H33F3N2O5/c1-43-30-18-23(19-31(44-2)33(30)45-3)17-29-27(20-32(41)42)26-14-7-8-15-28(26)40(29)34(24-11-5-4-6-12-24)39-21-22-10-9-13-25(16-22)35(36,37)38/h4-16,18-19,34,39H,17,20-21H2,1-3H3,(H,41,42). The molecule has 234 valence electrons. The highest BCUT2D eigenvalue weighted by molar-refractivity contribution is 5.89. The van der Waals surface area contributed by atoms with E-state index in [1.807, 2.05) is 71.3 Å². The van der Waals surface area contributed by atoms with Crippen LogP contribution in [0.25, 0.3) is 10.9 Å². The van der Waals surface area contributed by atoms with Gasteiger partial charge >= 0.3 is 12.1 Å². The number of rotatable bonds is 12. The largest absolute Gasteiger partial charge is 0.493 e. The first-order valence-corrected chi connectivity index (χ1v) is 14.2. The highest BCUT2D eigenvalue weighted by Crippen LogP contribution is 2.40. The molecule has 0 aliphatic heterocycles. The third-order valence-electron chi connectivity index (χ3n) is 7.68. The van der Waals surface area contributed by atoms with Crippen molar-refractivity contribution < 1.29 is 37.3 Å². The van der Waals surface area contributed by atoms with E-state index in [0.29, 0.717) is 34.8 Å². The molecule has 0 fully saturated rings. The molecule has 5 rings (SSSR count). The topological polar surface area (TPSA) is 82.0 Å². The number of hydrogen-bond donors (Lipinski definition) is 2. The zero-order valence-corrected chi connectivity index (χ0v) is 25.0. The molecular weight excluding hydrogens is 585 g/mol. The molecule has 2 N–H and O–H groups in total. The lowest BCUT2D eigenvalue weighted by Gasteiger charge is -2.26. The lowest BCUT2D eigenvalue weighted by atomic mass is 10.0. The third-order valence-corrected chi connectivity index (χ3v) is 7.68. The zero-order valence-electron chi connectivity index (χ0n) is 25.0. The maximum atomic E-state index is 13.5. The predicted octanol–water partition coefficient (Wildman–Crippen LogP) is 7.24. The van der Waals surface area contributed by atoms with E-state index < -0.39 is 23.9 Å². The number of methoxy groups -OCH3 is 3. The van der Waals surface area contributed by atoms with Crippen LogP contribution in [0.3, 0.4) is 0 Å². The van der Waals surface area contributed by atoms with Crippen molar-refractivity contribution in [2.45, 2.75) is 31.7 Å². The molecule has 45 heavy (non-hydrogen) atoms. The highest BCUT2D eigenvalue weighted by atomic mass is 19.4. The Morgan fingerprint density at radius 3 is 2.13 bits per heavy atom. The van der Waals surface area contributed by atoms with Gasteiger partial charge in [0.2, 0.25) is 5.75 Å². The Balaban J connectivity index is 1.70. The fraction of sp³-hybridized carbons (Fsp3) is 0.229. The number of ether oxygens (including phenoxy) is 3. The van der Waals surface area contributed by atoms with Crippen LogP contribution in [-0.2, 0) is 30.4 Å². The molecule has 5 aromatic rings. The molecule has 1 heterocycles. The van der Waals surface area contributed by atoms with Crippen LogP contribution >= 0.6 is 0 Å². The molecule has 1 aromatic heterocycles. The number of benzene rings is 4. The number of aliphatic carboxylic acids is 1. The molecular formula is C35H33F3N2O5. The summed E-state index contributed by atoms with van der Waals surface area (Å²) in [6.07, 6.45) is -4.97. The number of hydrogen-bond acceptors (Lipinski definition) is 5. The second-order valence-corrected chi connectivity index (χ2v) is 10.5. The van der Waals surface area contributed by atoms with E-state index in [4.69, 9.17) is 14.2 Å². The first-order valence-electron chi connectivity index (χ1n) is 14.2. The van der Waals surface area contributed by atoms with E-state index in [2.05, 4.69) is 5.32 Å². The molecule has 0 saturated carbocycles. The second kappa shape index (κ2) is 13.4. The van der Waals surface area contributed by atoms with Gasteiger partial charge in [0.1, 0.15) is 6.17 Å². The molecule has 0 aliphatic carbocycles. The fourth-order valence-corrected chi connectivity index (χ4v) is 5.72. The Hall–Kier alpha value is -4.96. The quantitative estimate of drug-likeness (QED) is 0.153. The number of alkyl halides is 3. The van der Waals surface area contributed by atoms with Crippen LogP contribution in [0.15, 0.2) is 91.0 Å². The molecule has 0 aliphatic rings. The van der Waals surface area contributed by atoms with Gasteiger partial charge in [0.25, 0.3) is 0 Å². The maximum Gasteiger partial charge on any atom is 0.416 e. The Morgan fingerprint density at radius 2 is 1.51 bits per heavy atom. The van der Waals surface area contributed by atoms with E-state index >= 15 is 0 Å². The normalized spacial score (nSPS) is 12.2. The van der Waals surface area contributed by atoms with Gasteiger partial charge in [-0.15, -0.1) is 0 Å². The van der Waals surface area contributed by atoms with Gasteiger partial charge < -0.3 is 23.9 Å². The lowest BCUT2D eigenvalue weighted by Crippen LogP contribution is -2.29. The number of nitrogens with zero attached hydrogens (tertiary/aromatic N) is 1. The van der Waals surface area contributed by atoms with Gasteiger partial charge in [0.05, 0.1) is 38.8 Å². The van der Waals surface area contributed by atoms with Gasteiger partial charge in [0.15, 0.2) is 11.5 Å². The summed E-state index contributed by atoms with van der Waals surface area (Å²) in [6.45, 7) is 0.119. The van der Waals surface area contributed by atoms with Crippen LogP contribution in [0, 0.1) is 0 Å². The number of carbonyl (C=O) groups is 1. The minimum absolute atomic E-state index is 0.119. The molecule has 10 heteroatoms. The summed E-state index contributed by atoms with van der Waals surface area (Å²) in [5.41, 5.74) is 3.49. The molecule has 0 bridgehead atoms. The molecule has 0 amide bonds. The minimum atomic E-state index is -4.47. The second-order valence-electron chi connectivity index (χ2n) is 10.5. The molecule has 0 radical (unpaired) electrons. The Labute approximate surface area is 258 Å². The van der Waals surface area contributed by atoms with Crippen molar-refractivity contribution in [1.29, 1.82) is 0 Å². The maximum absolute atomic E-state index is 13.5. The lowest BCUT2D eigenvalue weighted by molar-refractivity contribution is -0.138. The number of carboxylic acid groups (broad SMARTS) is 1. The van der Waals surface area contributed by atoms with Gasteiger partial charge in [0, 0.05) is 24.0 Å². The summed E-state index contributed by atoms with van der Waals surface area (Å²) in [4.78, 5) is 12.2. The van der Waals surface area contributed by atoms with E-state index in [1.165, 1.54) is 27.4 Å². The van der Waals surface area contributed by atoms with E-state index in [9.17, 15) is 23.1 Å². The summed E-state index contributed by atoms with van der Waals surface area (Å²) < 4.78 is 59.2. The van der Waals surface area contributed by atoms with Crippen LogP contribution in [0.2, 0.25) is 0 Å². The average Bonchev–Trinajstić information content (AvgIpc) is 3.32. The van der Waals surface area contributed by atoms with Crippen molar-refractivity contribution >= 4 is 16.9 Å². The SMILES string of the molecule is COc1cc(Cc2c(CC(=O)O)c3ccccc3n2C(NCc2cccc(C(F)(F)F)c2)c2ccccc2)cc(OC)c1OC. The van der Waals surface area contributed by atoms with Gasteiger partial charge in [-0.2, -0.15) is 13.2 Å². The molecule has 7 nitrogen and oxygen atoms in total. The molecule has 4 aromatic carbocycles. The van der Waals surface area contributed by atoms with Crippen molar-refractivity contribution in [2.75, 3.05) is 21.3 Å². The van der Waals surface area contributed by atoms with Crippen LogP contribution in [-0.4, -0.2) is 37.0 Å². The van der Waals surface area contributed by atoms with Crippen LogP contribution < -0.4 is 19.5 Å². The Bertz CT molecular complexity index is 1780.